The summed E-state index contributed by atoms with van der Waals surface area (Å²) in [6, 6.07) is 10.2. The summed E-state index contributed by atoms with van der Waals surface area (Å²) in [6.07, 6.45) is 3.67. The summed E-state index contributed by atoms with van der Waals surface area (Å²) in [7, 11) is 0. The lowest BCUT2D eigenvalue weighted by Gasteiger charge is -2.29. The highest BCUT2D eigenvalue weighted by atomic mass is 35.5. The van der Waals surface area contributed by atoms with Crippen molar-refractivity contribution in [1.29, 1.82) is 0 Å². The van der Waals surface area contributed by atoms with Gasteiger partial charge in [0, 0.05) is 28.1 Å². The molecule has 0 radical (unpaired) electrons. The van der Waals surface area contributed by atoms with Gasteiger partial charge in [-0.05, 0) is 49.2 Å². The number of benzene rings is 2. The molecule has 1 fully saturated rings. The minimum Gasteiger partial charge on any atom is -0.464 e. The highest BCUT2D eigenvalue weighted by Crippen LogP contribution is 2.48. The summed E-state index contributed by atoms with van der Waals surface area (Å²) in [6.45, 7) is 0. The Labute approximate surface area is 191 Å². The van der Waals surface area contributed by atoms with Crippen LogP contribution in [0.25, 0.3) is 22.2 Å². The van der Waals surface area contributed by atoms with Gasteiger partial charge >= 0.3 is 0 Å². The zero-order chi connectivity index (χ0) is 21.3. The smallest absolute Gasteiger partial charge is 0.213 e. The maximum Gasteiger partial charge on any atom is 0.213 e. The van der Waals surface area contributed by atoms with E-state index in [-0.39, 0.29) is 16.7 Å². The Morgan fingerprint density at radius 2 is 2.10 bits per heavy atom. The van der Waals surface area contributed by atoms with Gasteiger partial charge in [-0.2, -0.15) is 0 Å². The van der Waals surface area contributed by atoms with E-state index in [1.807, 2.05) is 22.9 Å². The molecule has 4 aromatic rings. The minimum atomic E-state index is -0.502. The number of carbonyl (C=O) groups excluding carboxylic acids is 1. The molecule has 1 aliphatic heterocycles. The second-order valence-corrected chi connectivity index (χ2v) is 9.63. The first-order valence-corrected chi connectivity index (χ1v) is 11.6. The van der Waals surface area contributed by atoms with E-state index < -0.39 is 12.0 Å². The average Bonchev–Trinajstić information content (AvgIpc) is 3.36. The number of carbonyl (C=O) groups is 1. The van der Waals surface area contributed by atoms with Crippen molar-refractivity contribution < 1.29 is 13.9 Å². The Kier molecular flexibility index (Phi) is 4.39. The van der Waals surface area contributed by atoms with Crippen molar-refractivity contribution in [2.45, 2.75) is 25.0 Å². The maximum absolute atomic E-state index is 15.0. The van der Waals surface area contributed by atoms with Gasteiger partial charge in [-0.15, -0.1) is 22.9 Å². The Balaban J connectivity index is 1.59. The number of nitrogens with zero attached hydrogens (tertiary/aromatic N) is 2. The molecule has 0 N–H and O–H groups in total. The number of fused-ring (bicyclic) bond motifs is 5. The predicted molar refractivity (Wildman–Crippen MR) is 120 cm³/mol. The van der Waals surface area contributed by atoms with E-state index in [1.54, 1.807) is 29.5 Å². The number of ketones is 1. The van der Waals surface area contributed by atoms with Crippen LogP contribution in [0.5, 0.6) is 5.75 Å². The molecule has 3 heterocycles. The molecule has 2 aromatic carbocycles. The zero-order valence-corrected chi connectivity index (χ0v) is 18.4. The average molecular weight is 473 g/mol. The number of ether oxygens (including phenoxy) is 1. The van der Waals surface area contributed by atoms with Gasteiger partial charge in [0.05, 0.1) is 32.5 Å². The number of alkyl halides is 1. The van der Waals surface area contributed by atoms with E-state index in [0.717, 1.165) is 33.6 Å². The number of halogens is 3. The van der Waals surface area contributed by atoms with Gasteiger partial charge in [0.2, 0.25) is 6.23 Å². The van der Waals surface area contributed by atoms with E-state index in [2.05, 4.69) is 4.98 Å². The van der Waals surface area contributed by atoms with E-state index in [0.29, 0.717) is 28.5 Å². The number of hydrogen-bond acceptors (Lipinski definition) is 4. The molecule has 1 atom stereocenters. The Morgan fingerprint density at radius 1 is 1.26 bits per heavy atom. The minimum absolute atomic E-state index is 0.0917. The van der Waals surface area contributed by atoms with Gasteiger partial charge in [0.25, 0.3) is 0 Å². The highest BCUT2D eigenvalue weighted by Gasteiger charge is 2.34. The summed E-state index contributed by atoms with van der Waals surface area (Å²) in [5, 5.41) is 2.20. The third-order valence-corrected chi connectivity index (χ3v) is 7.39. The second-order valence-electron chi connectivity index (χ2n) is 7.84. The molecule has 156 valence electrons. The Bertz CT molecular complexity index is 1380. The maximum atomic E-state index is 15.0. The molecule has 1 saturated carbocycles. The van der Waals surface area contributed by atoms with Crippen LogP contribution in [0.2, 0.25) is 5.02 Å². The van der Waals surface area contributed by atoms with Crippen LogP contribution in [0.3, 0.4) is 0 Å². The number of aromatic nitrogens is 2. The van der Waals surface area contributed by atoms with Crippen LogP contribution < -0.4 is 4.74 Å². The molecule has 2 aliphatic rings. The van der Waals surface area contributed by atoms with Gasteiger partial charge in [0.1, 0.15) is 11.6 Å². The van der Waals surface area contributed by atoms with Crippen LogP contribution in [-0.2, 0) is 0 Å². The largest absolute Gasteiger partial charge is 0.464 e. The van der Waals surface area contributed by atoms with Gasteiger partial charge in [-0.3, -0.25) is 9.36 Å². The standard InChI is InChI=1S/C23H15Cl2FN2O2S/c24-9-18(29)12-3-4-16-13(5-12)6-17-21-15(26)7-14(25)8-19(21)30-23(28(16)17)20-10-27-22(31-20)11-1-2-11/h3-8,10-11,23H,1-2,9H2. The summed E-state index contributed by atoms with van der Waals surface area (Å²) >= 11 is 13.5. The molecule has 4 nitrogen and oxygen atoms in total. The summed E-state index contributed by atoms with van der Waals surface area (Å²) in [5.74, 6) is 0.224. The SMILES string of the molecule is O=C(CCl)c1ccc2c(c1)cc1n2C(c2cnc(C3CC3)s2)Oc2cc(Cl)cc(F)c2-1. The van der Waals surface area contributed by atoms with Crippen molar-refractivity contribution in [3.05, 3.63) is 68.9 Å². The summed E-state index contributed by atoms with van der Waals surface area (Å²) in [5.41, 5.74) is 2.39. The molecule has 0 spiro atoms. The van der Waals surface area contributed by atoms with Crippen molar-refractivity contribution in [2.75, 3.05) is 5.88 Å². The third-order valence-electron chi connectivity index (χ3n) is 5.74. The van der Waals surface area contributed by atoms with Gasteiger partial charge in [-0.25, -0.2) is 9.37 Å². The molecule has 0 bridgehead atoms. The Hall–Kier alpha value is -2.41. The fraction of sp³-hybridized carbons (Fsp3) is 0.217. The number of rotatable bonds is 4. The fourth-order valence-electron chi connectivity index (χ4n) is 4.12. The third kappa shape index (κ3) is 3.08. The van der Waals surface area contributed by atoms with Crippen molar-refractivity contribution in [2.24, 2.45) is 0 Å². The van der Waals surface area contributed by atoms with Crippen molar-refractivity contribution in [1.82, 2.24) is 9.55 Å². The molecule has 8 heteroatoms. The molecule has 1 aliphatic carbocycles. The van der Waals surface area contributed by atoms with Crippen LogP contribution in [0.4, 0.5) is 4.39 Å². The quantitative estimate of drug-likeness (QED) is 0.242. The van der Waals surface area contributed by atoms with Crippen molar-refractivity contribution in [3.8, 4) is 17.0 Å². The molecular formula is C23H15Cl2FN2O2S. The molecular weight excluding hydrogens is 458 g/mol. The van der Waals surface area contributed by atoms with Crippen LogP contribution in [0, 0.1) is 5.82 Å². The van der Waals surface area contributed by atoms with Gasteiger partial charge < -0.3 is 4.74 Å². The number of thiazole rings is 1. The summed E-state index contributed by atoms with van der Waals surface area (Å²) < 4.78 is 23.3. The highest BCUT2D eigenvalue weighted by molar-refractivity contribution is 7.11. The van der Waals surface area contributed by atoms with Gasteiger partial charge in [-0.1, -0.05) is 11.6 Å². The van der Waals surface area contributed by atoms with E-state index in [9.17, 15) is 9.18 Å². The van der Waals surface area contributed by atoms with E-state index in [1.165, 1.54) is 6.07 Å². The van der Waals surface area contributed by atoms with Crippen molar-refractivity contribution >= 4 is 51.2 Å². The molecule has 0 saturated heterocycles. The lowest BCUT2D eigenvalue weighted by atomic mass is 10.1. The monoisotopic (exact) mass is 472 g/mol. The van der Waals surface area contributed by atoms with Crippen LogP contribution in [0.1, 0.15) is 45.2 Å². The first kappa shape index (κ1) is 19.3. The zero-order valence-electron chi connectivity index (χ0n) is 16.1. The van der Waals surface area contributed by atoms with Crippen LogP contribution in [-0.4, -0.2) is 21.2 Å². The second kappa shape index (κ2) is 7.05. The number of hydrogen-bond donors (Lipinski definition) is 0. The van der Waals surface area contributed by atoms with Crippen LogP contribution >= 0.6 is 34.5 Å². The molecule has 31 heavy (non-hydrogen) atoms. The predicted octanol–water partition coefficient (Wildman–Crippen LogP) is 6.80. The fourth-order valence-corrected chi connectivity index (χ4v) is 5.57. The normalized spacial score (nSPS) is 17.3. The Morgan fingerprint density at radius 3 is 2.87 bits per heavy atom. The first-order valence-electron chi connectivity index (χ1n) is 9.89. The van der Waals surface area contributed by atoms with Gasteiger partial charge in [0.15, 0.2) is 5.78 Å². The summed E-state index contributed by atoms with van der Waals surface area (Å²) in [4.78, 5) is 17.6. The lowest BCUT2D eigenvalue weighted by Crippen LogP contribution is -2.22. The molecule has 6 rings (SSSR count). The molecule has 1 unspecified atom stereocenters. The molecule has 2 aromatic heterocycles. The van der Waals surface area contributed by atoms with E-state index >= 15 is 0 Å². The van der Waals surface area contributed by atoms with E-state index in [4.69, 9.17) is 27.9 Å². The first-order chi connectivity index (χ1) is 15.0. The molecule has 0 amide bonds. The van der Waals surface area contributed by atoms with Crippen LogP contribution in [0.15, 0.2) is 42.6 Å². The lowest BCUT2D eigenvalue weighted by molar-refractivity contribution is 0.102. The van der Waals surface area contributed by atoms with Crippen molar-refractivity contribution in [3.63, 3.8) is 0 Å². The topological polar surface area (TPSA) is 44.1 Å². The number of Topliss-reactive ketones (excluding diaryl/α,β-unsaturated/α-hetero) is 1.